The lowest BCUT2D eigenvalue weighted by Gasteiger charge is -2.17. The van der Waals surface area contributed by atoms with Crippen LogP contribution in [0.15, 0.2) is 41.3 Å². The van der Waals surface area contributed by atoms with Gasteiger partial charge in [-0.2, -0.15) is 9.57 Å². The molecule has 0 unspecified atom stereocenters. The number of aryl methyl sites for hydroxylation is 1. The first-order chi connectivity index (χ1) is 14.2. The fraction of sp³-hybridized carbons (Fsp3) is 0.238. The number of pyridine rings is 1. The molecule has 5 nitrogen and oxygen atoms in total. The van der Waals surface area contributed by atoms with Crippen LogP contribution in [0.2, 0.25) is 0 Å². The number of fused-ring (bicyclic) bond motifs is 1. The summed E-state index contributed by atoms with van der Waals surface area (Å²) >= 11 is 0. The molecule has 0 saturated carbocycles. The quantitative estimate of drug-likeness (QED) is 0.626. The topological polar surface area (TPSA) is 74.1 Å². The Bertz CT molecular complexity index is 1300. The maximum absolute atomic E-state index is 14.9. The molecule has 2 aromatic carbocycles. The Labute approximate surface area is 171 Å². The van der Waals surface area contributed by atoms with Crippen LogP contribution in [0, 0.1) is 29.9 Å². The lowest BCUT2D eigenvalue weighted by molar-refractivity contribution is 0.343. The summed E-state index contributed by atoms with van der Waals surface area (Å²) in [7, 11) is -4.20. The van der Waals surface area contributed by atoms with Gasteiger partial charge in [0.25, 0.3) is 0 Å². The molecule has 0 amide bonds. The van der Waals surface area contributed by atoms with Crippen molar-refractivity contribution in [2.24, 2.45) is 0 Å². The predicted molar refractivity (Wildman–Crippen MR) is 105 cm³/mol. The number of nitriles is 1. The number of benzene rings is 2. The number of hydrogen-bond donors (Lipinski definition) is 0. The van der Waals surface area contributed by atoms with E-state index in [4.69, 9.17) is 5.26 Å². The minimum atomic E-state index is -4.20. The highest BCUT2D eigenvalue weighted by molar-refractivity contribution is 7.89. The van der Waals surface area contributed by atoms with Gasteiger partial charge in [-0.15, -0.1) is 0 Å². The maximum atomic E-state index is 14.9. The fourth-order valence-electron chi connectivity index (χ4n) is 3.65. The molecule has 4 rings (SSSR count). The van der Waals surface area contributed by atoms with Crippen LogP contribution in [-0.4, -0.2) is 37.0 Å². The molecule has 1 aliphatic rings. The van der Waals surface area contributed by atoms with Gasteiger partial charge < -0.3 is 0 Å². The van der Waals surface area contributed by atoms with E-state index in [-0.39, 0.29) is 30.8 Å². The van der Waals surface area contributed by atoms with E-state index in [0.717, 1.165) is 21.8 Å². The number of alkyl halides is 1. The molecule has 0 spiro atoms. The smallest absolute Gasteiger partial charge is 0.243 e. The predicted octanol–water partition coefficient (Wildman–Crippen LogP) is 4.09. The van der Waals surface area contributed by atoms with Gasteiger partial charge in [-0.1, -0.05) is 6.07 Å². The zero-order valence-corrected chi connectivity index (χ0v) is 16.7. The summed E-state index contributed by atoms with van der Waals surface area (Å²) in [5, 5.41) is 9.77. The normalized spacial score (nSPS) is 17.4. The standard InChI is InChI=1S/C21H16F3N3O2S/c1-12-6-13(7-20-17(12)3-2-15(10-25)26-20)21-18(23)8-16(9-19(21)24)30(28,29)27-5-4-14(22)11-27/h2-3,6-9,14H,4-5,11H2,1H3/t14-/m0/s1. The van der Waals surface area contributed by atoms with E-state index in [0.29, 0.717) is 11.1 Å². The Morgan fingerprint density at radius 3 is 2.47 bits per heavy atom. The minimum Gasteiger partial charge on any atom is -0.246 e. The van der Waals surface area contributed by atoms with Crippen LogP contribution < -0.4 is 0 Å². The molecule has 30 heavy (non-hydrogen) atoms. The lowest BCUT2D eigenvalue weighted by atomic mass is 9.99. The van der Waals surface area contributed by atoms with Crippen LogP contribution in [0.3, 0.4) is 0 Å². The summed E-state index contributed by atoms with van der Waals surface area (Å²) in [5.41, 5.74) is 1.03. The van der Waals surface area contributed by atoms with Crippen LogP contribution in [0.1, 0.15) is 17.7 Å². The first-order valence-corrected chi connectivity index (χ1v) is 10.6. The van der Waals surface area contributed by atoms with Crippen molar-refractivity contribution in [2.75, 3.05) is 13.1 Å². The van der Waals surface area contributed by atoms with Gasteiger partial charge in [0.15, 0.2) is 0 Å². The number of hydrogen-bond acceptors (Lipinski definition) is 4. The van der Waals surface area contributed by atoms with Gasteiger partial charge in [-0.3, -0.25) is 0 Å². The fourth-order valence-corrected chi connectivity index (χ4v) is 5.16. The second-order valence-corrected chi connectivity index (χ2v) is 9.12. The van der Waals surface area contributed by atoms with Gasteiger partial charge in [0, 0.05) is 18.5 Å². The molecule has 0 aliphatic carbocycles. The molecule has 0 bridgehead atoms. The van der Waals surface area contributed by atoms with Gasteiger partial charge in [0.1, 0.15) is 29.6 Å². The Morgan fingerprint density at radius 1 is 1.17 bits per heavy atom. The molecule has 0 radical (unpaired) electrons. The summed E-state index contributed by atoms with van der Waals surface area (Å²) in [5.74, 6) is -2.11. The van der Waals surface area contributed by atoms with Crippen molar-refractivity contribution in [2.45, 2.75) is 24.4 Å². The van der Waals surface area contributed by atoms with Gasteiger partial charge in [0.2, 0.25) is 10.0 Å². The van der Waals surface area contributed by atoms with Crippen molar-refractivity contribution in [3.63, 3.8) is 0 Å². The zero-order valence-electron chi connectivity index (χ0n) is 15.9. The van der Waals surface area contributed by atoms with Gasteiger partial charge >= 0.3 is 0 Å². The SMILES string of the molecule is Cc1cc(-c2c(F)cc(S(=O)(=O)N3CC[C@H](F)C3)cc2F)cc2nc(C#N)ccc12. The van der Waals surface area contributed by atoms with E-state index >= 15 is 0 Å². The van der Waals surface area contributed by atoms with Crippen LogP contribution in [-0.2, 0) is 10.0 Å². The average molecular weight is 431 g/mol. The Hall–Kier alpha value is -2.96. The van der Waals surface area contributed by atoms with E-state index in [1.165, 1.54) is 6.07 Å². The van der Waals surface area contributed by atoms with E-state index < -0.39 is 38.3 Å². The van der Waals surface area contributed by atoms with Crippen LogP contribution in [0.25, 0.3) is 22.0 Å². The molecule has 1 atom stereocenters. The molecule has 3 aromatic rings. The van der Waals surface area contributed by atoms with E-state index in [1.807, 2.05) is 6.07 Å². The van der Waals surface area contributed by atoms with Crippen LogP contribution in [0.5, 0.6) is 0 Å². The summed E-state index contributed by atoms with van der Waals surface area (Å²) < 4.78 is 69.3. The second-order valence-electron chi connectivity index (χ2n) is 7.18. The average Bonchev–Trinajstić information content (AvgIpc) is 3.14. The summed E-state index contributed by atoms with van der Waals surface area (Å²) in [6, 6.07) is 9.69. The van der Waals surface area contributed by atoms with Crippen molar-refractivity contribution < 1.29 is 21.6 Å². The third-order valence-corrected chi connectivity index (χ3v) is 7.01. The summed E-state index contributed by atoms with van der Waals surface area (Å²) in [6.45, 7) is 1.38. The van der Waals surface area contributed by atoms with Gasteiger partial charge in [-0.05, 0) is 54.8 Å². The Morgan fingerprint density at radius 2 is 1.87 bits per heavy atom. The Kier molecular flexibility index (Phi) is 5.00. The second kappa shape index (κ2) is 7.38. The molecule has 9 heteroatoms. The highest BCUT2D eigenvalue weighted by atomic mass is 32.2. The zero-order chi connectivity index (χ0) is 21.6. The first-order valence-electron chi connectivity index (χ1n) is 9.16. The number of aromatic nitrogens is 1. The monoisotopic (exact) mass is 431 g/mol. The molecule has 1 aromatic heterocycles. The lowest BCUT2D eigenvalue weighted by Crippen LogP contribution is -2.29. The highest BCUT2D eigenvalue weighted by Gasteiger charge is 2.33. The maximum Gasteiger partial charge on any atom is 0.243 e. The number of halogens is 3. The summed E-state index contributed by atoms with van der Waals surface area (Å²) in [4.78, 5) is 3.61. The van der Waals surface area contributed by atoms with Gasteiger partial charge in [-0.25, -0.2) is 26.6 Å². The van der Waals surface area contributed by atoms with E-state index in [2.05, 4.69) is 4.98 Å². The number of sulfonamides is 1. The van der Waals surface area contributed by atoms with Crippen LogP contribution in [0.4, 0.5) is 13.2 Å². The molecule has 154 valence electrons. The van der Waals surface area contributed by atoms with E-state index in [9.17, 15) is 21.6 Å². The van der Waals surface area contributed by atoms with Crippen molar-refractivity contribution >= 4 is 20.9 Å². The largest absolute Gasteiger partial charge is 0.246 e. The third-order valence-electron chi connectivity index (χ3n) is 5.16. The van der Waals surface area contributed by atoms with Gasteiger partial charge in [0.05, 0.1) is 16.0 Å². The minimum absolute atomic E-state index is 0.0365. The summed E-state index contributed by atoms with van der Waals surface area (Å²) in [6.07, 6.45) is -1.24. The van der Waals surface area contributed by atoms with Crippen molar-refractivity contribution in [3.8, 4) is 17.2 Å². The highest BCUT2D eigenvalue weighted by Crippen LogP contribution is 2.33. The molecule has 0 N–H and O–H groups in total. The molecule has 1 saturated heterocycles. The number of rotatable bonds is 3. The van der Waals surface area contributed by atoms with Crippen molar-refractivity contribution in [1.29, 1.82) is 5.26 Å². The van der Waals surface area contributed by atoms with Crippen LogP contribution >= 0.6 is 0 Å². The third kappa shape index (κ3) is 3.42. The number of nitrogens with zero attached hydrogens (tertiary/aromatic N) is 3. The molecule has 1 aliphatic heterocycles. The van der Waals surface area contributed by atoms with E-state index in [1.54, 1.807) is 25.1 Å². The van der Waals surface area contributed by atoms with Crippen molar-refractivity contribution in [1.82, 2.24) is 9.29 Å². The molecule has 1 fully saturated rings. The Balaban J connectivity index is 1.82. The first kappa shape index (κ1) is 20.3. The van der Waals surface area contributed by atoms with Crippen molar-refractivity contribution in [3.05, 3.63) is 59.3 Å². The molecular weight excluding hydrogens is 415 g/mol. The molecular formula is C21H16F3N3O2S. The molecule has 2 heterocycles.